The fraction of sp³-hybridized carbons (Fsp3) is 0.186. The molecule has 0 radical (unpaired) electrons. The molecule has 0 aromatic heterocycles. The summed E-state index contributed by atoms with van der Waals surface area (Å²) in [7, 11) is 16.2. The average molecular weight is 671 g/mol. The van der Waals surface area contributed by atoms with Crippen molar-refractivity contribution in [1.29, 1.82) is 5.26 Å². The maximum atomic E-state index is 12.6. The normalized spacial score (nSPS) is 14.4. The number of nitrogen functional groups attached to an aromatic ring is 1. The second-order valence-corrected chi connectivity index (χ2v) is 13.8. The number of hydrogen-bond donors (Lipinski definition) is 2. The van der Waals surface area contributed by atoms with Gasteiger partial charge in [0.1, 0.15) is 19.9 Å². The van der Waals surface area contributed by atoms with Crippen molar-refractivity contribution in [3.63, 3.8) is 0 Å². The van der Waals surface area contributed by atoms with Crippen molar-refractivity contribution < 1.29 is 9.68 Å². The molecule has 2 aliphatic rings. The van der Waals surface area contributed by atoms with Crippen LogP contribution in [0.15, 0.2) is 101 Å². The number of benzene rings is 5. The number of nitriles is 1. The highest BCUT2D eigenvalue weighted by Crippen LogP contribution is 2.57. The van der Waals surface area contributed by atoms with Crippen molar-refractivity contribution in [3.8, 4) is 6.07 Å². The predicted molar refractivity (Wildman–Crippen MR) is 212 cm³/mol. The van der Waals surface area contributed by atoms with E-state index in [9.17, 15) is 10.4 Å². The van der Waals surface area contributed by atoms with Crippen molar-refractivity contribution >= 4 is 61.2 Å². The number of hydrogen-bond acceptors (Lipinski definition) is 6. The standard InChI is InChI=1S/C43H39N7O/c1-46-30(23-44)38-39(43(51)40(38)37-24-15-10-11-16-25(24)41(49(6)7)28-19-12-20-29(45)34(28)37)33-26-17-13-21-31(47(2)3)35(26)42(50(8)9)36-27(33)18-14-22-32(36)48(4)5/h10-22H,45H2,2-9H3/p+1/b38-30+. The average Bonchev–Trinajstić information content (AvgIpc) is 3.10. The van der Waals surface area contributed by atoms with Crippen LogP contribution >= 0.6 is 0 Å². The van der Waals surface area contributed by atoms with E-state index in [4.69, 9.17) is 12.3 Å². The molecule has 0 heterocycles. The van der Waals surface area contributed by atoms with Gasteiger partial charge in [-0.05, 0) is 34.7 Å². The fourth-order valence-corrected chi connectivity index (χ4v) is 7.99. The Balaban J connectivity index is 1.74. The van der Waals surface area contributed by atoms with Gasteiger partial charge in [-0.3, -0.25) is 0 Å². The molecule has 51 heavy (non-hydrogen) atoms. The second-order valence-electron chi connectivity index (χ2n) is 13.8. The summed E-state index contributed by atoms with van der Waals surface area (Å²) in [5.74, 6) is 0.0272. The Labute approximate surface area is 299 Å². The monoisotopic (exact) mass is 670 g/mol. The smallest absolute Gasteiger partial charge is 0.270 e. The lowest BCUT2D eigenvalue weighted by molar-refractivity contribution is -0.463. The van der Waals surface area contributed by atoms with Gasteiger partial charge in [0.25, 0.3) is 5.70 Å². The molecule has 0 amide bonds. The molecule has 0 aliphatic heterocycles. The van der Waals surface area contributed by atoms with Gasteiger partial charge in [0.2, 0.25) is 5.71 Å². The van der Waals surface area contributed by atoms with Crippen LogP contribution in [-0.4, -0.2) is 71.8 Å². The Hall–Kier alpha value is -6.51. The van der Waals surface area contributed by atoms with Crippen LogP contribution in [0.2, 0.25) is 0 Å². The quantitative estimate of drug-likeness (QED) is 0.0658. The van der Waals surface area contributed by atoms with Crippen LogP contribution in [-0.2, 0) is 0 Å². The molecule has 0 unspecified atom stereocenters. The Morgan fingerprint density at radius 3 is 1.76 bits per heavy atom. The summed E-state index contributed by atoms with van der Waals surface area (Å²) in [4.78, 5) is 10.0. The number of aliphatic hydroxyl groups is 1. The van der Waals surface area contributed by atoms with E-state index in [0.717, 1.165) is 72.1 Å². The minimum Gasteiger partial charge on any atom is -0.507 e. The first-order chi connectivity index (χ1) is 24.4. The molecule has 0 atom stereocenters. The molecule has 8 nitrogen and oxygen atoms in total. The number of nitrogens with two attached hydrogens (primary N) is 1. The maximum absolute atomic E-state index is 12.6. The summed E-state index contributed by atoms with van der Waals surface area (Å²) >= 11 is 0. The summed E-state index contributed by atoms with van der Waals surface area (Å²) in [6.45, 7) is 8.23. The lowest BCUT2D eigenvalue weighted by Crippen LogP contribution is -2.30. The predicted octanol–water partition coefficient (Wildman–Crippen LogP) is 7.68. The third-order valence-corrected chi connectivity index (χ3v) is 9.94. The number of anilines is 4. The van der Waals surface area contributed by atoms with Crippen LogP contribution in [0.1, 0.15) is 27.8 Å². The third-order valence-electron chi connectivity index (χ3n) is 9.94. The molecule has 0 spiro atoms. The van der Waals surface area contributed by atoms with Crippen molar-refractivity contribution in [2.45, 2.75) is 0 Å². The zero-order chi connectivity index (χ0) is 36.5. The summed E-state index contributed by atoms with van der Waals surface area (Å²) in [6.07, 6.45) is 0. The van der Waals surface area contributed by atoms with E-state index in [1.807, 2.05) is 90.8 Å². The van der Waals surface area contributed by atoms with E-state index in [1.165, 1.54) is 0 Å². The van der Waals surface area contributed by atoms with Crippen molar-refractivity contribution in [1.82, 2.24) is 0 Å². The first-order valence-electron chi connectivity index (χ1n) is 16.7. The zero-order valence-corrected chi connectivity index (χ0v) is 30.2. The second kappa shape index (κ2) is 12.1. The Kier molecular flexibility index (Phi) is 7.84. The fourth-order valence-electron chi connectivity index (χ4n) is 7.99. The Morgan fingerprint density at radius 1 is 0.706 bits per heavy atom. The van der Waals surface area contributed by atoms with E-state index in [0.29, 0.717) is 28.0 Å². The first kappa shape index (κ1) is 33.0. The molecule has 0 fully saturated rings. The summed E-state index contributed by atoms with van der Waals surface area (Å²) in [6, 6.07) is 28.4. The van der Waals surface area contributed by atoms with Crippen molar-refractivity contribution in [2.24, 2.45) is 0 Å². The number of nitrogens with zero attached hydrogens (tertiary/aromatic N) is 6. The van der Waals surface area contributed by atoms with Crippen LogP contribution in [0, 0.1) is 17.9 Å². The van der Waals surface area contributed by atoms with Gasteiger partial charge >= 0.3 is 0 Å². The molecular formula is C43H40N7O+. The van der Waals surface area contributed by atoms with Crippen LogP contribution in [0.25, 0.3) is 37.5 Å². The number of rotatable bonds is 4. The van der Waals surface area contributed by atoms with Gasteiger partial charge in [0, 0.05) is 92.0 Å². The van der Waals surface area contributed by atoms with E-state index in [-0.39, 0.29) is 11.5 Å². The highest BCUT2D eigenvalue weighted by molar-refractivity contribution is 6.28. The summed E-state index contributed by atoms with van der Waals surface area (Å²) < 4.78 is 2.14. The van der Waals surface area contributed by atoms with Crippen molar-refractivity contribution in [3.05, 3.63) is 141 Å². The lowest BCUT2D eigenvalue weighted by atomic mass is 9.68. The Bertz CT molecular complexity index is 2480. The molecule has 8 heteroatoms. The number of aliphatic hydroxyl groups excluding tert-OH is 1. The van der Waals surface area contributed by atoms with Crippen molar-refractivity contribution in [2.75, 3.05) is 76.8 Å². The van der Waals surface area contributed by atoms with E-state index < -0.39 is 0 Å². The highest BCUT2D eigenvalue weighted by Gasteiger charge is 2.43. The van der Waals surface area contributed by atoms with Gasteiger partial charge in [0.15, 0.2) is 0 Å². The third kappa shape index (κ3) is 4.68. The molecule has 2 aliphatic carbocycles. The molecule has 5 aromatic carbocycles. The number of allylic oxidation sites excluding steroid dienone is 3. The van der Waals surface area contributed by atoms with Gasteiger partial charge < -0.3 is 25.5 Å². The molecule has 7 rings (SSSR count). The van der Waals surface area contributed by atoms with Gasteiger partial charge in [0.05, 0.1) is 40.8 Å². The molecular weight excluding hydrogens is 631 g/mol. The van der Waals surface area contributed by atoms with Gasteiger partial charge in [-0.25, -0.2) is 14.7 Å². The molecule has 0 saturated carbocycles. The Morgan fingerprint density at radius 2 is 1.25 bits per heavy atom. The largest absolute Gasteiger partial charge is 0.507 e. The first-order valence-corrected chi connectivity index (χ1v) is 16.7. The zero-order valence-electron chi connectivity index (χ0n) is 30.2. The van der Waals surface area contributed by atoms with Crippen LogP contribution < -0.4 is 20.4 Å². The van der Waals surface area contributed by atoms with E-state index in [1.54, 1.807) is 0 Å². The molecule has 3 N–H and O–H groups in total. The maximum Gasteiger partial charge on any atom is 0.270 e. The SMILES string of the molecule is [C-]#[N+]/C(C#N)=C1\C(=C2c3cccc(N(C)C)c3C(=[N+](C)C)c3c2cccc3N(C)C)C(O)=C1c1c2ccccc2c(N(C)C)c2cccc(N)c12. The minimum atomic E-state index is -0.0910. The summed E-state index contributed by atoms with van der Waals surface area (Å²) in [5.41, 5.74) is 18.0. The minimum absolute atomic E-state index is 0.0272. The van der Waals surface area contributed by atoms with Gasteiger partial charge in [-0.1, -0.05) is 60.7 Å². The molecule has 0 bridgehead atoms. The molecule has 252 valence electrons. The lowest BCUT2D eigenvalue weighted by Gasteiger charge is -2.36. The number of fused-ring (bicyclic) bond motifs is 4. The van der Waals surface area contributed by atoms with Crippen LogP contribution in [0.4, 0.5) is 22.7 Å². The van der Waals surface area contributed by atoms with E-state index >= 15 is 0 Å². The summed E-state index contributed by atoms with van der Waals surface area (Å²) in [5, 5.41) is 26.7. The molecule has 0 saturated heterocycles. The topological polar surface area (TPSA) is 87.1 Å². The highest BCUT2D eigenvalue weighted by atomic mass is 16.3. The molecule has 5 aromatic rings. The van der Waals surface area contributed by atoms with Crippen LogP contribution in [0.3, 0.4) is 0 Å². The van der Waals surface area contributed by atoms with Crippen LogP contribution in [0.5, 0.6) is 0 Å². The van der Waals surface area contributed by atoms with E-state index in [2.05, 4.69) is 74.6 Å². The van der Waals surface area contributed by atoms with Gasteiger partial charge in [-0.15, -0.1) is 0 Å². The van der Waals surface area contributed by atoms with Gasteiger partial charge in [-0.2, -0.15) is 0 Å².